The van der Waals surface area contributed by atoms with Crippen LogP contribution >= 0.6 is 0 Å². The molecule has 0 bridgehead atoms. The number of amides is 4. The van der Waals surface area contributed by atoms with Crippen LogP contribution in [0.4, 0.5) is 0 Å². The van der Waals surface area contributed by atoms with E-state index < -0.39 is 383 Å². The van der Waals surface area contributed by atoms with Crippen molar-refractivity contribution >= 4 is 23.6 Å². The molecule has 30 N–H and O–H groups in total. The van der Waals surface area contributed by atoms with E-state index in [4.69, 9.17) is 90.0 Å². The van der Waals surface area contributed by atoms with Crippen molar-refractivity contribution in [1.29, 1.82) is 0 Å². The van der Waals surface area contributed by atoms with Crippen molar-refractivity contribution in [2.45, 2.75) is 348 Å². The van der Waals surface area contributed by atoms with Crippen molar-refractivity contribution in [3.63, 3.8) is 0 Å². The number of aliphatic hydroxyl groups excluding tert-OH is 26. The van der Waals surface area contributed by atoms with Crippen LogP contribution in [0.2, 0.25) is 0 Å². The van der Waals surface area contributed by atoms with Crippen LogP contribution in [-0.4, -0.2) is 516 Å². The summed E-state index contributed by atoms with van der Waals surface area (Å²) in [7, 11) is 0. The van der Waals surface area contributed by atoms with Crippen molar-refractivity contribution in [1.82, 2.24) is 21.3 Å². The van der Waals surface area contributed by atoms with Crippen molar-refractivity contribution < 1.29 is 242 Å². The van der Waals surface area contributed by atoms with Gasteiger partial charge in [0.05, 0.1) is 65.1 Å². The van der Waals surface area contributed by atoms with Gasteiger partial charge in [0, 0.05) is 27.7 Å². The molecule has 700 valence electrons. The second kappa shape index (κ2) is 43.0. The van der Waals surface area contributed by atoms with Crippen molar-refractivity contribution in [3.8, 4) is 0 Å². The quantitative estimate of drug-likeness (QED) is 0.0318. The number of aliphatic hydroxyl groups is 26. The first kappa shape index (κ1) is 99.2. The van der Waals surface area contributed by atoms with Crippen LogP contribution in [0.5, 0.6) is 0 Å². The van der Waals surface area contributed by atoms with Gasteiger partial charge in [0.2, 0.25) is 23.6 Å². The van der Waals surface area contributed by atoms with Crippen LogP contribution in [0.25, 0.3) is 0 Å². The smallest absolute Gasteiger partial charge is 0.217 e. The molecule has 1 unspecified atom stereocenters. The number of carbonyl (C=O) groups excluding carboxylic acids is 4. The average Bonchev–Trinajstić information content (AvgIpc) is 0.758. The molecule has 0 aromatic carbocycles. The lowest BCUT2D eigenvalue weighted by Crippen LogP contribution is -2.71. The maximum atomic E-state index is 13.5. The number of ether oxygens (including phenoxy) is 19. The van der Waals surface area contributed by atoms with Gasteiger partial charge in [0.15, 0.2) is 62.9 Å². The Morgan fingerprint density at radius 2 is 0.537 bits per heavy atom. The first-order valence-electron chi connectivity index (χ1n) is 38.8. The largest absolute Gasteiger partial charge is 0.394 e. The van der Waals surface area contributed by atoms with Gasteiger partial charge in [0.25, 0.3) is 0 Å². The van der Waals surface area contributed by atoms with Gasteiger partial charge in [-0.2, -0.15) is 0 Å². The molecule has 10 aliphatic rings. The molecule has 121 heavy (non-hydrogen) atoms. The summed E-state index contributed by atoms with van der Waals surface area (Å²) >= 11 is 0. The third-order valence-electron chi connectivity index (χ3n) is 22.4. The zero-order chi connectivity index (χ0) is 89.1. The first-order valence-corrected chi connectivity index (χ1v) is 38.8. The summed E-state index contributed by atoms with van der Waals surface area (Å²) in [6.07, 6.45) is -94.8. The van der Waals surface area contributed by atoms with Crippen LogP contribution in [0.1, 0.15) is 41.5 Å². The molecule has 4 amide bonds. The minimum Gasteiger partial charge on any atom is -0.394 e. The number of carbonyl (C=O) groups is 4. The maximum absolute atomic E-state index is 13.5. The van der Waals surface area contributed by atoms with E-state index in [2.05, 4.69) is 21.3 Å². The molecule has 53 nitrogen and oxygen atoms in total. The fraction of sp³-hybridized carbons (Fsp3) is 0.941. The lowest BCUT2D eigenvalue weighted by atomic mass is 9.93. The molecular formula is C68H114N4O49. The predicted octanol–water partition coefficient (Wildman–Crippen LogP) is -20.2. The molecule has 53 heteroatoms. The lowest BCUT2D eigenvalue weighted by molar-refractivity contribution is -0.399. The molecule has 0 spiro atoms. The predicted molar refractivity (Wildman–Crippen MR) is 373 cm³/mol. The second-order valence-electron chi connectivity index (χ2n) is 31.0. The normalized spacial score (nSPS) is 50.0. The number of hydrogen-bond donors (Lipinski definition) is 30. The van der Waals surface area contributed by atoms with E-state index >= 15 is 0 Å². The zero-order valence-electron chi connectivity index (χ0n) is 65.5. The monoisotopic (exact) mass is 1770 g/mol. The fourth-order valence-electron chi connectivity index (χ4n) is 15.7. The highest BCUT2D eigenvalue weighted by atomic mass is 16.8. The third-order valence-corrected chi connectivity index (χ3v) is 22.4. The Labute approximate surface area is 686 Å². The van der Waals surface area contributed by atoms with Crippen LogP contribution in [0.15, 0.2) is 0 Å². The fourth-order valence-corrected chi connectivity index (χ4v) is 15.7. The van der Waals surface area contributed by atoms with E-state index in [-0.39, 0.29) is 0 Å². The molecule has 10 rings (SSSR count). The molecule has 10 saturated heterocycles. The molecule has 10 aliphatic heterocycles. The number of nitrogens with one attached hydrogen (secondary N) is 4. The molecule has 10 heterocycles. The molecular weight excluding hydrogens is 1660 g/mol. The van der Waals surface area contributed by atoms with E-state index in [9.17, 15) is 152 Å². The maximum Gasteiger partial charge on any atom is 0.217 e. The van der Waals surface area contributed by atoms with Crippen LogP contribution in [-0.2, 0) is 109 Å². The lowest BCUT2D eigenvalue weighted by Gasteiger charge is -2.51. The average molecular weight is 1770 g/mol. The minimum absolute atomic E-state index is 0.841. The summed E-state index contributed by atoms with van der Waals surface area (Å²) in [5.41, 5.74) is 0. The van der Waals surface area contributed by atoms with Gasteiger partial charge in [-0.25, -0.2) is 0 Å². The highest BCUT2D eigenvalue weighted by molar-refractivity contribution is 5.74. The highest BCUT2D eigenvalue weighted by Crippen LogP contribution is 2.41. The molecule has 0 aromatic heterocycles. The van der Waals surface area contributed by atoms with Gasteiger partial charge in [0.1, 0.15) is 232 Å². The second-order valence-corrected chi connectivity index (χ2v) is 31.0. The van der Waals surface area contributed by atoms with E-state index in [0.717, 1.165) is 27.7 Å². The van der Waals surface area contributed by atoms with Gasteiger partial charge < -0.3 is 244 Å². The topological polar surface area (TPSA) is 818 Å². The van der Waals surface area contributed by atoms with E-state index in [0.29, 0.717) is 0 Å². The van der Waals surface area contributed by atoms with Gasteiger partial charge in [-0.05, 0) is 13.8 Å². The van der Waals surface area contributed by atoms with E-state index in [1.54, 1.807) is 0 Å². The molecule has 0 saturated carbocycles. The summed E-state index contributed by atoms with van der Waals surface area (Å²) in [6.45, 7) is -2.57. The van der Waals surface area contributed by atoms with Crippen LogP contribution < -0.4 is 21.3 Å². The van der Waals surface area contributed by atoms with Crippen molar-refractivity contribution in [3.05, 3.63) is 0 Å². The Bertz CT molecular complexity index is 3270. The van der Waals surface area contributed by atoms with Gasteiger partial charge >= 0.3 is 0 Å². The summed E-state index contributed by atoms with van der Waals surface area (Å²) in [5, 5.41) is 301. The molecule has 0 aromatic rings. The SMILES string of the molecule is CC(=O)N[C@H]1[C@H](O[C@H]2[C@H](O)[C@@H](NC(C)=O)C(O)O[C@@H]2CO[C@@H]2O[C@@H](C)[C@@H](O)[C@@H](O)[C@@H]2O)O[C@H](CO)[C@@H](O[C@@H]2O[C@H](CO[C@H]3O[C@H](CO)[C@@H](O)[C@H](O)[C@@H]3O[C@@H]3O[C@H](CO)[C@@H](O[C@@H]4O[C@H](CO)[C@H](O)[C@H](O)[C@H]4O)[C@H](O[C@@H]4O[C@@H](C)[C@@H](O)[C@@H](O)[C@@H]4O)[C@H]3NC(C)=O)[C@@H](O)[C@H](O[C@H]3O[C@H](CO)[C@@H](O)[C@H](O)[C@@H]3O[C@@H]3O[C@H](CO)[C@@H](O)[C@H](O)[C@H]3NC(C)=O)[C@@H]2O)[C@@H]1O. The Kier molecular flexibility index (Phi) is 35.3. The van der Waals surface area contributed by atoms with E-state index in [1.165, 1.54) is 13.8 Å². The highest BCUT2D eigenvalue weighted by Gasteiger charge is 2.62. The number of hydrogen-bond acceptors (Lipinski definition) is 49. The Morgan fingerprint density at radius 3 is 1.05 bits per heavy atom. The number of rotatable bonds is 30. The van der Waals surface area contributed by atoms with Crippen molar-refractivity contribution in [2.75, 3.05) is 52.9 Å². The summed E-state index contributed by atoms with van der Waals surface area (Å²) in [6, 6.07) is -7.60. The molecule has 0 radical (unpaired) electrons. The van der Waals surface area contributed by atoms with E-state index in [1.807, 2.05) is 0 Å². The summed E-state index contributed by atoms with van der Waals surface area (Å²) in [5.74, 6) is -3.71. The Hall–Kier alpha value is -3.92. The van der Waals surface area contributed by atoms with Gasteiger partial charge in [-0.15, -0.1) is 0 Å². The third kappa shape index (κ3) is 22.0. The van der Waals surface area contributed by atoms with Crippen LogP contribution in [0, 0.1) is 0 Å². The molecule has 50 atom stereocenters. The standard InChI is InChI=1S/C68H114N4O49/c1-15-33(83)43(93)48(98)63(105-15)103-14-28-53(41(91)29(59(102)107-28)69-17(3)79)115-61-31(71-19(5)81)42(92)52(25(11-77)112-61)116-66-51(101)56(119-68-58(47(97)38(88)24(10-76)111-68)121-60-30(70-18(4)80)40(90)35(85)21(7-73)108-60)39(89)27(114-66)13-104-67-57(46(96)37(87)23(9-75)110-67)120-62-32(72-20(6)82)55(118-64-49(99)44(94)34(84)16(2)106-64)54(26(12-78)113-62)117-65-50(100)45(95)36(86)22(8-74)109-65/h15-16,21-68,73-78,83-102H,7-14H2,1-6H3,(H,69,79)(H,70,80)(H,71,81)(H,72,82)/t15-,16-,21+,22+,23+,24+,25+,26+,27+,28+,29+,30+,31+,32+,33+,34+,35+,36-,37+,38+,39+,40+,41+,42+,43+,44+,45-,46-,47-,48-,49-,50+,51-,52+,53+,54+,55+,56-,57-,58-,59?,60-,61-,62-,63+,64-,65-,66-,67-,68+/m0/s1. The molecule has 10 fully saturated rings. The van der Waals surface area contributed by atoms with Gasteiger partial charge in [-0.1, -0.05) is 0 Å². The van der Waals surface area contributed by atoms with Gasteiger partial charge in [-0.3, -0.25) is 19.2 Å². The Morgan fingerprint density at radius 1 is 0.231 bits per heavy atom. The van der Waals surface area contributed by atoms with Crippen LogP contribution in [0.3, 0.4) is 0 Å². The minimum atomic E-state index is -2.60. The first-order chi connectivity index (χ1) is 57.1. The Balaban J connectivity index is 1.00. The molecule has 0 aliphatic carbocycles. The van der Waals surface area contributed by atoms with Crippen molar-refractivity contribution in [2.24, 2.45) is 0 Å². The zero-order valence-corrected chi connectivity index (χ0v) is 65.5. The summed E-state index contributed by atoms with van der Waals surface area (Å²) < 4.78 is 114. The summed E-state index contributed by atoms with van der Waals surface area (Å²) in [4.78, 5) is 51.8.